The highest BCUT2D eigenvalue weighted by Crippen LogP contribution is 2.17. The average Bonchev–Trinajstić information content (AvgIpc) is 2.87. The minimum Gasteiger partial charge on any atom is -0.453 e. The zero-order valence-electron chi connectivity index (χ0n) is 14.1. The molecule has 0 aliphatic rings. The molecule has 25 heavy (non-hydrogen) atoms. The van der Waals surface area contributed by atoms with Gasteiger partial charge in [-0.1, -0.05) is 5.16 Å². The van der Waals surface area contributed by atoms with Crippen LogP contribution in [0.3, 0.4) is 0 Å². The van der Waals surface area contributed by atoms with Crippen molar-refractivity contribution in [3.8, 4) is 0 Å². The van der Waals surface area contributed by atoms with Crippen molar-refractivity contribution in [3.05, 3.63) is 46.9 Å². The minimum absolute atomic E-state index is 0.0365. The molecule has 1 aromatic carbocycles. The Kier molecular flexibility index (Phi) is 5.84. The Hall–Kier alpha value is -2.77. The highest BCUT2D eigenvalue weighted by atomic mass is 19.1. The van der Waals surface area contributed by atoms with E-state index in [0.29, 0.717) is 17.9 Å². The van der Waals surface area contributed by atoms with Gasteiger partial charge in [0.2, 0.25) is 0 Å². The molecule has 1 N–H and O–H groups in total. The summed E-state index contributed by atoms with van der Waals surface area (Å²) in [6.07, 6.45) is -0.748. The van der Waals surface area contributed by atoms with Crippen LogP contribution in [-0.2, 0) is 20.7 Å². The molecule has 0 bridgehead atoms. The van der Waals surface area contributed by atoms with Gasteiger partial charge in [0.15, 0.2) is 6.10 Å². The lowest BCUT2D eigenvalue weighted by Crippen LogP contribution is -2.30. The van der Waals surface area contributed by atoms with Crippen molar-refractivity contribution in [2.75, 3.05) is 5.32 Å². The molecule has 1 amide bonds. The molecule has 0 saturated heterocycles. The molecule has 2 aromatic rings. The molecule has 6 nitrogen and oxygen atoms in total. The number of halogens is 2. The maximum atomic E-state index is 13.5. The van der Waals surface area contributed by atoms with Gasteiger partial charge in [0, 0.05) is 18.1 Å². The van der Waals surface area contributed by atoms with Crippen LogP contribution >= 0.6 is 0 Å². The number of rotatable bonds is 6. The zero-order chi connectivity index (χ0) is 18.6. The Morgan fingerprint density at radius 1 is 1.32 bits per heavy atom. The molecular weight excluding hydrogens is 334 g/mol. The maximum absolute atomic E-state index is 13.5. The molecule has 8 heteroatoms. The number of carbonyl (C=O) groups is 2. The van der Waals surface area contributed by atoms with Crippen LogP contribution in [0.5, 0.6) is 0 Å². The molecule has 0 aliphatic carbocycles. The lowest BCUT2D eigenvalue weighted by Gasteiger charge is -2.14. The number of ether oxygens (including phenoxy) is 1. The number of nitrogens with zero attached hydrogens (tertiary/aromatic N) is 1. The Morgan fingerprint density at radius 3 is 2.68 bits per heavy atom. The largest absolute Gasteiger partial charge is 0.453 e. The SMILES string of the molecule is Cc1noc(C)c1CCC(=O)O[C@H](C)C(=O)Nc1cc(F)ccc1F. The number of esters is 1. The first-order valence-electron chi connectivity index (χ1n) is 7.65. The Morgan fingerprint density at radius 2 is 2.04 bits per heavy atom. The summed E-state index contributed by atoms with van der Waals surface area (Å²) in [5, 5.41) is 5.98. The van der Waals surface area contributed by atoms with Gasteiger partial charge in [0.25, 0.3) is 5.91 Å². The zero-order valence-corrected chi connectivity index (χ0v) is 14.1. The molecule has 134 valence electrons. The number of amides is 1. The molecule has 1 heterocycles. The second kappa shape index (κ2) is 7.87. The summed E-state index contributed by atoms with van der Waals surface area (Å²) in [7, 11) is 0. The normalized spacial score (nSPS) is 11.9. The smallest absolute Gasteiger partial charge is 0.306 e. The Bertz CT molecular complexity index is 769. The van der Waals surface area contributed by atoms with Crippen molar-refractivity contribution in [3.63, 3.8) is 0 Å². The van der Waals surface area contributed by atoms with Crippen molar-refractivity contribution < 1.29 is 27.6 Å². The van der Waals surface area contributed by atoms with Gasteiger partial charge in [0.1, 0.15) is 17.4 Å². The van der Waals surface area contributed by atoms with Gasteiger partial charge < -0.3 is 14.6 Å². The van der Waals surface area contributed by atoms with E-state index < -0.39 is 29.6 Å². The van der Waals surface area contributed by atoms with Crippen LogP contribution in [-0.4, -0.2) is 23.1 Å². The van der Waals surface area contributed by atoms with Crippen LogP contribution < -0.4 is 5.32 Å². The van der Waals surface area contributed by atoms with E-state index in [1.54, 1.807) is 13.8 Å². The quantitative estimate of drug-likeness (QED) is 0.808. The summed E-state index contributed by atoms with van der Waals surface area (Å²) in [6, 6.07) is 2.67. The molecule has 0 fully saturated rings. The molecule has 1 aromatic heterocycles. The number of hydrogen-bond acceptors (Lipinski definition) is 5. The average molecular weight is 352 g/mol. The standard InChI is InChI=1S/C17H18F2N2O4/c1-9-13(10(2)25-21-9)5-7-16(22)24-11(3)17(23)20-15-8-12(18)4-6-14(15)19/h4,6,8,11H,5,7H2,1-3H3,(H,20,23)/t11-/m1/s1. The minimum atomic E-state index is -1.15. The predicted molar refractivity (Wildman–Crippen MR) is 84.8 cm³/mol. The van der Waals surface area contributed by atoms with Crippen molar-refractivity contribution in [2.24, 2.45) is 0 Å². The van der Waals surface area contributed by atoms with Crippen LogP contribution in [0.1, 0.15) is 30.4 Å². The van der Waals surface area contributed by atoms with Gasteiger partial charge in [-0.15, -0.1) is 0 Å². The lowest BCUT2D eigenvalue weighted by atomic mass is 10.1. The van der Waals surface area contributed by atoms with Crippen molar-refractivity contribution in [2.45, 2.75) is 39.7 Å². The summed E-state index contributed by atoms with van der Waals surface area (Å²) in [6.45, 7) is 4.85. The number of anilines is 1. The van der Waals surface area contributed by atoms with E-state index in [1.165, 1.54) is 6.92 Å². The van der Waals surface area contributed by atoms with E-state index in [9.17, 15) is 18.4 Å². The molecule has 0 unspecified atom stereocenters. The van der Waals surface area contributed by atoms with Gasteiger partial charge in [0.05, 0.1) is 11.4 Å². The van der Waals surface area contributed by atoms with E-state index in [4.69, 9.17) is 9.26 Å². The lowest BCUT2D eigenvalue weighted by molar-refractivity contribution is -0.153. The van der Waals surface area contributed by atoms with Crippen LogP contribution in [0, 0.1) is 25.5 Å². The van der Waals surface area contributed by atoms with Crippen molar-refractivity contribution in [1.82, 2.24) is 5.16 Å². The van der Waals surface area contributed by atoms with Gasteiger partial charge in [-0.2, -0.15) is 0 Å². The first kappa shape index (κ1) is 18.6. The first-order chi connectivity index (χ1) is 11.8. The summed E-state index contributed by atoms with van der Waals surface area (Å²) >= 11 is 0. The molecule has 0 spiro atoms. The molecule has 2 rings (SSSR count). The van der Waals surface area contributed by atoms with Crippen LogP contribution in [0.2, 0.25) is 0 Å². The van der Waals surface area contributed by atoms with Crippen molar-refractivity contribution in [1.29, 1.82) is 0 Å². The third-order valence-corrected chi connectivity index (χ3v) is 3.62. The molecule has 0 radical (unpaired) electrons. The van der Waals surface area contributed by atoms with E-state index in [2.05, 4.69) is 10.5 Å². The molecule has 1 atom stereocenters. The van der Waals surface area contributed by atoms with Gasteiger partial charge >= 0.3 is 5.97 Å². The molecule has 0 saturated carbocycles. The topological polar surface area (TPSA) is 81.4 Å². The van der Waals surface area contributed by atoms with Crippen molar-refractivity contribution >= 4 is 17.6 Å². The number of aryl methyl sites for hydroxylation is 2. The summed E-state index contributed by atoms with van der Waals surface area (Å²) in [4.78, 5) is 23.8. The third-order valence-electron chi connectivity index (χ3n) is 3.62. The number of benzene rings is 1. The van der Waals surface area contributed by atoms with Crippen LogP contribution in [0.25, 0.3) is 0 Å². The number of aromatic nitrogens is 1. The maximum Gasteiger partial charge on any atom is 0.306 e. The Balaban J connectivity index is 1.88. The third kappa shape index (κ3) is 4.85. The predicted octanol–water partition coefficient (Wildman–Crippen LogP) is 3.07. The van der Waals surface area contributed by atoms with Gasteiger partial charge in [-0.25, -0.2) is 8.78 Å². The van der Waals surface area contributed by atoms with E-state index in [0.717, 1.165) is 23.8 Å². The van der Waals surface area contributed by atoms with E-state index >= 15 is 0 Å². The number of nitrogens with one attached hydrogen (secondary N) is 1. The number of hydrogen-bond donors (Lipinski definition) is 1. The highest BCUT2D eigenvalue weighted by Gasteiger charge is 2.20. The summed E-state index contributed by atoms with van der Waals surface area (Å²) < 4.78 is 36.6. The summed E-state index contributed by atoms with van der Waals surface area (Å²) in [5.74, 6) is -2.21. The van der Waals surface area contributed by atoms with E-state index in [-0.39, 0.29) is 12.1 Å². The fourth-order valence-electron chi connectivity index (χ4n) is 2.22. The first-order valence-corrected chi connectivity index (χ1v) is 7.65. The van der Waals surface area contributed by atoms with Crippen LogP contribution in [0.15, 0.2) is 22.7 Å². The molecule has 0 aliphatic heterocycles. The van der Waals surface area contributed by atoms with Crippen LogP contribution in [0.4, 0.5) is 14.5 Å². The fourth-order valence-corrected chi connectivity index (χ4v) is 2.22. The molecular formula is C17H18F2N2O4. The second-order valence-electron chi connectivity index (χ2n) is 5.55. The van der Waals surface area contributed by atoms with E-state index in [1.807, 2.05) is 0 Å². The highest BCUT2D eigenvalue weighted by molar-refractivity contribution is 5.95. The Labute approximate surface area is 143 Å². The monoisotopic (exact) mass is 352 g/mol. The summed E-state index contributed by atoms with van der Waals surface area (Å²) in [5.41, 5.74) is 1.19. The van der Waals surface area contributed by atoms with Gasteiger partial charge in [-0.3, -0.25) is 9.59 Å². The second-order valence-corrected chi connectivity index (χ2v) is 5.55. The number of carbonyl (C=O) groups excluding carboxylic acids is 2. The van der Waals surface area contributed by atoms with Gasteiger partial charge in [-0.05, 0) is 39.3 Å². The fraction of sp³-hybridized carbons (Fsp3) is 0.353.